The molecule has 1 saturated heterocycles. The van der Waals surface area contributed by atoms with E-state index in [1.807, 2.05) is 6.07 Å². The number of hydrogen-bond acceptors (Lipinski definition) is 6. The van der Waals surface area contributed by atoms with E-state index < -0.39 is 0 Å². The van der Waals surface area contributed by atoms with Gasteiger partial charge in [-0.2, -0.15) is 4.98 Å². The minimum atomic E-state index is -0.104. The third-order valence-corrected chi connectivity index (χ3v) is 2.96. The van der Waals surface area contributed by atoms with Gasteiger partial charge in [-0.05, 0) is 12.1 Å². The van der Waals surface area contributed by atoms with Crippen LogP contribution in [0.3, 0.4) is 0 Å². The number of likely N-dealkylation sites (tertiary alicyclic amines) is 1. The van der Waals surface area contributed by atoms with Gasteiger partial charge in [-0.3, -0.25) is 9.78 Å². The van der Waals surface area contributed by atoms with E-state index in [0.717, 1.165) is 5.56 Å². The number of pyridine rings is 1. The highest BCUT2D eigenvalue weighted by Gasteiger charge is 2.28. The quantitative estimate of drug-likeness (QED) is 0.845. The Morgan fingerprint density at radius 3 is 3.11 bits per heavy atom. The van der Waals surface area contributed by atoms with Crippen LogP contribution in [0.1, 0.15) is 12.3 Å². The second-order valence-corrected chi connectivity index (χ2v) is 4.49. The van der Waals surface area contributed by atoms with Crippen LogP contribution in [0.5, 0.6) is 0 Å². The van der Waals surface area contributed by atoms with Crippen molar-refractivity contribution in [2.75, 3.05) is 6.54 Å². The summed E-state index contributed by atoms with van der Waals surface area (Å²) < 4.78 is 5.14. The standard InChI is InChI=1S/C12H13N5O2/c13-9-4-11(18)17(6-9)7-10-15-12(16-19-10)8-2-1-3-14-5-8/h1-3,5,9H,4,6-7,13H2. The normalized spacial score (nSPS) is 19.1. The first-order valence-corrected chi connectivity index (χ1v) is 5.99. The van der Waals surface area contributed by atoms with Crippen molar-refractivity contribution in [1.82, 2.24) is 20.0 Å². The molecule has 1 aliphatic heterocycles. The number of rotatable bonds is 3. The fourth-order valence-corrected chi connectivity index (χ4v) is 2.05. The average molecular weight is 259 g/mol. The van der Waals surface area contributed by atoms with Crippen molar-refractivity contribution in [3.8, 4) is 11.4 Å². The Kier molecular flexibility index (Phi) is 2.96. The number of aromatic nitrogens is 3. The Balaban J connectivity index is 1.74. The molecule has 0 saturated carbocycles. The highest BCUT2D eigenvalue weighted by Crippen LogP contribution is 2.16. The van der Waals surface area contributed by atoms with Crippen LogP contribution in [0.15, 0.2) is 29.0 Å². The molecule has 0 spiro atoms. The van der Waals surface area contributed by atoms with Crippen molar-refractivity contribution in [1.29, 1.82) is 0 Å². The lowest BCUT2D eigenvalue weighted by Crippen LogP contribution is -2.27. The summed E-state index contributed by atoms with van der Waals surface area (Å²) in [6.45, 7) is 0.837. The second kappa shape index (κ2) is 4.77. The van der Waals surface area contributed by atoms with E-state index in [2.05, 4.69) is 15.1 Å². The van der Waals surface area contributed by atoms with Gasteiger partial charge in [0.15, 0.2) is 0 Å². The lowest BCUT2D eigenvalue weighted by Gasteiger charge is -2.12. The number of amides is 1. The molecule has 0 aliphatic carbocycles. The van der Waals surface area contributed by atoms with Crippen LogP contribution < -0.4 is 5.73 Å². The summed E-state index contributed by atoms with van der Waals surface area (Å²) >= 11 is 0. The van der Waals surface area contributed by atoms with E-state index in [1.54, 1.807) is 23.4 Å². The molecule has 0 bridgehead atoms. The van der Waals surface area contributed by atoms with E-state index in [9.17, 15) is 4.79 Å². The van der Waals surface area contributed by atoms with E-state index in [4.69, 9.17) is 10.3 Å². The molecule has 7 nitrogen and oxygen atoms in total. The van der Waals surface area contributed by atoms with Gasteiger partial charge in [0.2, 0.25) is 17.6 Å². The maximum absolute atomic E-state index is 11.6. The Labute approximate surface area is 109 Å². The number of nitrogens with two attached hydrogens (primary N) is 1. The van der Waals surface area contributed by atoms with Crippen molar-refractivity contribution < 1.29 is 9.32 Å². The molecule has 2 aromatic rings. The predicted molar refractivity (Wildman–Crippen MR) is 65.5 cm³/mol. The Bertz CT molecular complexity index is 583. The third kappa shape index (κ3) is 2.45. The smallest absolute Gasteiger partial charge is 0.246 e. The number of nitrogens with zero attached hydrogens (tertiary/aromatic N) is 4. The lowest BCUT2D eigenvalue weighted by atomic mass is 10.3. The van der Waals surface area contributed by atoms with Gasteiger partial charge >= 0.3 is 0 Å². The van der Waals surface area contributed by atoms with Gasteiger partial charge < -0.3 is 15.2 Å². The predicted octanol–water partition coefficient (Wildman–Crippen LogP) is 0.191. The molecule has 1 amide bonds. The van der Waals surface area contributed by atoms with Crippen LogP contribution in [-0.2, 0) is 11.3 Å². The molecule has 1 aliphatic rings. The summed E-state index contributed by atoms with van der Waals surface area (Å²) in [4.78, 5) is 21.5. The highest BCUT2D eigenvalue weighted by atomic mass is 16.5. The molecule has 98 valence electrons. The minimum Gasteiger partial charge on any atom is -0.337 e. The zero-order chi connectivity index (χ0) is 13.2. The van der Waals surface area contributed by atoms with Crippen LogP contribution >= 0.6 is 0 Å². The minimum absolute atomic E-state index is 0.0219. The van der Waals surface area contributed by atoms with Gasteiger partial charge in [-0.25, -0.2) is 0 Å². The van der Waals surface area contributed by atoms with Crippen LogP contribution in [0.4, 0.5) is 0 Å². The van der Waals surface area contributed by atoms with Gasteiger partial charge in [0, 0.05) is 37.0 Å². The second-order valence-electron chi connectivity index (χ2n) is 4.49. The first-order chi connectivity index (χ1) is 9.22. The number of carbonyl (C=O) groups excluding carboxylic acids is 1. The summed E-state index contributed by atoms with van der Waals surface area (Å²) in [7, 11) is 0. The van der Waals surface area contributed by atoms with E-state index in [-0.39, 0.29) is 11.9 Å². The molecule has 2 N–H and O–H groups in total. The summed E-state index contributed by atoms with van der Waals surface area (Å²) in [5.41, 5.74) is 6.51. The highest BCUT2D eigenvalue weighted by molar-refractivity contribution is 5.79. The Hall–Kier alpha value is -2.28. The molecular formula is C12H13N5O2. The van der Waals surface area contributed by atoms with Crippen LogP contribution in [-0.4, -0.2) is 38.5 Å². The molecule has 3 heterocycles. The van der Waals surface area contributed by atoms with E-state index in [1.165, 1.54) is 0 Å². The van der Waals surface area contributed by atoms with Crippen LogP contribution in [0.25, 0.3) is 11.4 Å². The monoisotopic (exact) mass is 259 g/mol. The van der Waals surface area contributed by atoms with Gasteiger partial charge in [0.1, 0.15) is 6.54 Å². The summed E-state index contributed by atoms with van der Waals surface area (Å²) in [5.74, 6) is 0.897. The van der Waals surface area contributed by atoms with Crippen molar-refractivity contribution in [2.24, 2.45) is 5.73 Å². The van der Waals surface area contributed by atoms with Gasteiger partial charge in [-0.1, -0.05) is 5.16 Å². The fourth-order valence-electron chi connectivity index (χ4n) is 2.05. The summed E-state index contributed by atoms with van der Waals surface area (Å²) in [5, 5.41) is 3.88. The maximum Gasteiger partial charge on any atom is 0.246 e. The molecule has 19 heavy (non-hydrogen) atoms. The van der Waals surface area contributed by atoms with E-state index >= 15 is 0 Å². The summed E-state index contributed by atoms with van der Waals surface area (Å²) in [6, 6.07) is 3.54. The van der Waals surface area contributed by atoms with Crippen LogP contribution in [0, 0.1) is 0 Å². The van der Waals surface area contributed by atoms with E-state index in [0.29, 0.717) is 31.2 Å². The maximum atomic E-state index is 11.6. The molecule has 3 rings (SSSR count). The lowest BCUT2D eigenvalue weighted by molar-refractivity contribution is -0.128. The topological polar surface area (TPSA) is 98.1 Å². The van der Waals surface area contributed by atoms with Crippen molar-refractivity contribution in [2.45, 2.75) is 19.0 Å². The number of hydrogen-bond donors (Lipinski definition) is 1. The molecule has 2 aromatic heterocycles. The fraction of sp³-hybridized carbons (Fsp3) is 0.333. The molecule has 1 unspecified atom stereocenters. The Morgan fingerprint density at radius 1 is 1.53 bits per heavy atom. The molecular weight excluding hydrogens is 246 g/mol. The first kappa shape index (κ1) is 11.8. The molecule has 1 fully saturated rings. The molecule has 0 radical (unpaired) electrons. The van der Waals surface area contributed by atoms with Gasteiger partial charge in [0.05, 0.1) is 0 Å². The van der Waals surface area contributed by atoms with Crippen LogP contribution in [0.2, 0.25) is 0 Å². The zero-order valence-electron chi connectivity index (χ0n) is 10.2. The van der Waals surface area contributed by atoms with Crippen molar-refractivity contribution in [3.05, 3.63) is 30.4 Å². The van der Waals surface area contributed by atoms with Gasteiger partial charge in [-0.15, -0.1) is 0 Å². The average Bonchev–Trinajstić information content (AvgIpc) is 2.99. The van der Waals surface area contributed by atoms with Gasteiger partial charge in [0.25, 0.3) is 0 Å². The van der Waals surface area contributed by atoms with Crippen molar-refractivity contribution >= 4 is 5.91 Å². The zero-order valence-corrected chi connectivity index (χ0v) is 10.2. The van der Waals surface area contributed by atoms with Crippen molar-refractivity contribution in [3.63, 3.8) is 0 Å². The SMILES string of the molecule is NC1CC(=O)N(Cc2nc(-c3cccnc3)no2)C1. The molecule has 7 heteroatoms. The molecule has 1 atom stereocenters. The largest absolute Gasteiger partial charge is 0.337 e. The Morgan fingerprint density at radius 2 is 2.42 bits per heavy atom. The number of carbonyl (C=O) groups is 1. The molecule has 0 aromatic carbocycles. The summed E-state index contributed by atoms with van der Waals surface area (Å²) in [6.07, 6.45) is 3.71. The first-order valence-electron chi connectivity index (χ1n) is 5.99. The third-order valence-electron chi connectivity index (χ3n) is 2.96.